The van der Waals surface area contributed by atoms with Crippen LogP contribution in [0.25, 0.3) is 5.57 Å². The molecule has 0 atom stereocenters. The molecule has 1 heterocycles. The largest absolute Gasteiger partial charge is 0.496 e. The van der Waals surface area contributed by atoms with Gasteiger partial charge in [0.25, 0.3) is 11.8 Å². The summed E-state index contributed by atoms with van der Waals surface area (Å²) >= 11 is 0. The fourth-order valence-electron chi connectivity index (χ4n) is 3.76. The molecule has 2 amide bonds. The summed E-state index contributed by atoms with van der Waals surface area (Å²) in [6, 6.07) is 13.2. The molecule has 1 aliphatic rings. The maximum atomic E-state index is 13.4. The van der Waals surface area contributed by atoms with Crippen molar-refractivity contribution in [2.24, 2.45) is 0 Å². The van der Waals surface area contributed by atoms with Crippen molar-refractivity contribution in [3.05, 3.63) is 64.9 Å². The Morgan fingerprint density at radius 2 is 1.72 bits per heavy atom. The SMILES string of the molecule is CCCCOCCCN1C(=O)C(Nc2ccc(C)cc2C)=C(c2ccccc2OC)C1=O. The maximum Gasteiger partial charge on any atom is 0.278 e. The van der Waals surface area contributed by atoms with E-state index >= 15 is 0 Å². The van der Waals surface area contributed by atoms with Crippen LogP contribution < -0.4 is 10.1 Å². The van der Waals surface area contributed by atoms with Crippen molar-refractivity contribution in [2.75, 3.05) is 32.2 Å². The van der Waals surface area contributed by atoms with Gasteiger partial charge in [0.05, 0.1) is 12.7 Å². The molecule has 0 saturated carbocycles. The van der Waals surface area contributed by atoms with E-state index in [-0.39, 0.29) is 17.5 Å². The fraction of sp³-hybridized carbons (Fsp3) is 0.385. The number of imide groups is 1. The second kappa shape index (κ2) is 11.0. The Kier molecular flexibility index (Phi) is 8.06. The number of aryl methyl sites for hydroxylation is 2. The monoisotopic (exact) mass is 436 g/mol. The van der Waals surface area contributed by atoms with Crippen molar-refractivity contribution in [1.29, 1.82) is 0 Å². The lowest BCUT2D eigenvalue weighted by molar-refractivity contribution is -0.137. The first kappa shape index (κ1) is 23.5. The molecule has 32 heavy (non-hydrogen) atoms. The first-order chi connectivity index (χ1) is 15.5. The van der Waals surface area contributed by atoms with Gasteiger partial charge in [-0.2, -0.15) is 0 Å². The average molecular weight is 437 g/mol. The first-order valence-electron chi connectivity index (χ1n) is 11.1. The van der Waals surface area contributed by atoms with Gasteiger partial charge in [0.1, 0.15) is 11.4 Å². The summed E-state index contributed by atoms with van der Waals surface area (Å²) in [4.78, 5) is 28.1. The summed E-state index contributed by atoms with van der Waals surface area (Å²) in [7, 11) is 1.56. The first-order valence-corrected chi connectivity index (χ1v) is 11.1. The standard InChI is InChI=1S/C26H32N2O4/c1-5-6-15-32-16-9-14-28-25(29)23(20-10-7-8-11-22(20)31-4)24(26(28)30)27-21-13-12-18(2)17-19(21)3/h7-8,10-13,17,27H,5-6,9,14-16H2,1-4H3. The average Bonchev–Trinajstić information content (AvgIpc) is 3.01. The van der Waals surface area contributed by atoms with E-state index < -0.39 is 0 Å². The van der Waals surface area contributed by atoms with Gasteiger partial charge in [-0.05, 0) is 44.4 Å². The quantitative estimate of drug-likeness (QED) is 0.408. The molecule has 3 rings (SSSR count). The minimum atomic E-state index is -0.329. The van der Waals surface area contributed by atoms with E-state index in [1.54, 1.807) is 19.2 Å². The molecule has 2 aromatic rings. The number of amides is 2. The summed E-state index contributed by atoms with van der Waals surface area (Å²) in [6.45, 7) is 7.63. The molecule has 2 aromatic carbocycles. The molecule has 1 N–H and O–H groups in total. The molecule has 0 bridgehead atoms. The Morgan fingerprint density at radius 1 is 0.969 bits per heavy atom. The van der Waals surface area contributed by atoms with Gasteiger partial charge >= 0.3 is 0 Å². The van der Waals surface area contributed by atoms with E-state index in [0.29, 0.717) is 43.1 Å². The lowest BCUT2D eigenvalue weighted by Gasteiger charge is -2.16. The lowest BCUT2D eigenvalue weighted by atomic mass is 10.0. The number of carbonyl (C=O) groups is 2. The van der Waals surface area contributed by atoms with Gasteiger partial charge in [-0.15, -0.1) is 0 Å². The van der Waals surface area contributed by atoms with Crippen molar-refractivity contribution in [3.63, 3.8) is 0 Å². The molecule has 170 valence electrons. The summed E-state index contributed by atoms with van der Waals surface area (Å²) in [5, 5.41) is 3.25. The minimum absolute atomic E-state index is 0.276. The third-order valence-corrected chi connectivity index (χ3v) is 5.50. The second-order valence-electron chi connectivity index (χ2n) is 7.98. The van der Waals surface area contributed by atoms with Crippen LogP contribution in [0.2, 0.25) is 0 Å². The molecular weight excluding hydrogens is 404 g/mol. The van der Waals surface area contributed by atoms with Crippen LogP contribution in [0, 0.1) is 13.8 Å². The van der Waals surface area contributed by atoms with Gasteiger partial charge in [-0.1, -0.05) is 49.2 Å². The molecule has 0 aliphatic carbocycles. The molecular formula is C26H32N2O4. The molecule has 6 heteroatoms. The van der Waals surface area contributed by atoms with Crippen LogP contribution in [0.3, 0.4) is 0 Å². The Bertz CT molecular complexity index is 1010. The fourth-order valence-corrected chi connectivity index (χ4v) is 3.76. The number of nitrogens with one attached hydrogen (secondary N) is 1. The summed E-state index contributed by atoms with van der Waals surface area (Å²) < 4.78 is 11.1. The Labute approximate surface area is 190 Å². The summed E-state index contributed by atoms with van der Waals surface area (Å²) in [6.07, 6.45) is 2.67. The van der Waals surface area contributed by atoms with Crippen LogP contribution in [0.5, 0.6) is 5.75 Å². The highest BCUT2D eigenvalue weighted by Crippen LogP contribution is 2.35. The molecule has 6 nitrogen and oxygen atoms in total. The molecule has 0 fully saturated rings. The van der Waals surface area contributed by atoms with Crippen LogP contribution in [0.15, 0.2) is 48.2 Å². The van der Waals surface area contributed by atoms with Gasteiger partial charge in [0.15, 0.2) is 0 Å². The predicted octanol–water partition coefficient (Wildman–Crippen LogP) is 4.71. The third kappa shape index (κ3) is 5.19. The van der Waals surface area contributed by atoms with Crippen LogP contribution in [0.4, 0.5) is 5.69 Å². The van der Waals surface area contributed by atoms with E-state index in [9.17, 15) is 9.59 Å². The normalized spacial score (nSPS) is 13.8. The number of anilines is 1. The number of benzene rings is 2. The molecule has 0 unspecified atom stereocenters. The zero-order valence-corrected chi connectivity index (χ0v) is 19.4. The number of nitrogens with zero attached hydrogens (tertiary/aromatic N) is 1. The number of unbranched alkanes of at least 4 members (excludes halogenated alkanes) is 1. The van der Waals surface area contributed by atoms with Gasteiger partial charge in [0.2, 0.25) is 0 Å². The highest BCUT2D eigenvalue weighted by Gasteiger charge is 2.40. The van der Waals surface area contributed by atoms with Gasteiger partial charge in [-0.25, -0.2) is 0 Å². The van der Waals surface area contributed by atoms with E-state index in [1.165, 1.54) is 4.90 Å². The van der Waals surface area contributed by atoms with Crippen LogP contribution in [0.1, 0.15) is 42.9 Å². The summed E-state index contributed by atoms with van der Waals surface area (Å²) in [5.41, 5.74) is 4.13. The number of methoxy groups -OCH3 is 1. The van der Waals surface area contributed by atoms with Gasteiger partial charge in [0, 0.05) is 31.0 Å². The van der Waals surface area contributed by atoms with E-state index in [0.717, 1.165) is 29.7 Å². The zero-order valence-electron chi connectivity index (χ0n) is 19.4. The summed E-state index contributed by atoms with van der Waals surface area (Å²) in [5.74, 6) is -0.0990. The Balaban J connectivity index is 1.90. The van der Waals surface area contributed by atoms with Crippen LogP contribution >= 0.6 is 0 Å². The van der Waals surface area contributed by atoms with Gasteiger partial charge in [-0.3, -0.25) is 14.5 Å². The van der Waals surface area contributed by atoms with E-state index in [1.807, 2.05) is 44.2 Å². The number of hydrogen-bond acceptors (Lipinski definition) is 5. The predicted molar refractivity (Wildman–Crippen MR) is 127 cm³/mol. The second-order valence-corrected chi connectivity index (χ2v) is 7.98. The van der Waals surface area contributed by atoms with Crippen molar-refractivity contribution in [3.8, 4) is 5.75 Å². The number of rotatable bonds is 11. The molecule has 0 saturated heterocycles. The van der Waals surface area contributed by atoms with Crippen molar-refractivity contribution < 1.29 is 19.1 Å². The van der Waals surface area contributed by atoms with Crippen LogP contribution in [-0.4, -0.2) is 43.6 Å². The molecule has 0 spiro atoms. The van der Waals surface area contributed by atoms with E-state index in [4.69, 9.17) is 9.47 Å². The maximum absolute atomic E-state index is 13.4. The van der Waals surface area contributed by atoms with Crippen LogP contribution in [-0.2, 0) is 14.3 Å². The lowest BCUT2D eigenvalue weighted by Crippen LogP contribution is -2.34. The number of para-hydroxylation sites is 1. The van der Waals surface area contributed by atoms with Gasteiger partial charge < -0.3 is 14.8 Å². The zero-order chi connectivity index (χ0) is 23.1. The molecule has 1 aliphatic heterocycles. The minimum Gasteiger partial charge on any atom is -0.496 e. The third-order valence-electron chi connectivity index (χ3n) is 5.50. The number of hydrogen-bond donors (Lipinski definition) is 1. The molecule has 0 radical (unpaired) electrons. The number of ether oxygens (including phenoxy) is 2. The van der Waals surface area contributed by atoms with Crippen molar-refractivity contribution >= 4 is 23.1 Å². The van der Waals surface area contributed by atoms with Crippen molar-refractivity contribution in [2.45, 2.75) is 40.0 Å². The smallest absolute Gasteiger partial charge is 0.278 e. The Hall–Kier alpha value is -3.12. The number of carbonyl (C=O) groups excluding carboxylic acids is 2. The highest BCUT2D eigenvalue weighted by atomic mass is 16.5. The highest BCUT2D eigenvalue weighted by molar-refractivity contribution is 6.37. The van der Waals surface area contributed by atoms with Crippen molar-refractivity contribution in [1.82, 2.24) is 4.90 Å². The molecule has 0 aromatic heterocycles. The van der Waals surface area contributed by atoms with E-state index in [2.05, 4.69) is 12.2 Å². The topological polar surface area (TPSA) is 67.9 Å². The Morgan fingerprint density at radius 3 is 2.44 bits per heavy atom.